The van der Waals surface area contributed by atoms with E-state index in [0.717, 1.165) is 10.0 Å². The topological polar surface area (TPSA) is 72.7 Å². The molecule has 3 aromatic carbocycles. The van der Waals surface area contributed by atoms with Gasteiger partial charge >= 0.3 is 6.09 Å². The minimum atomic E-state index is -0.574. The van der Waals surface area contributed by atoms with Crippen LogP contribution >= 0.6 is 15.9 Å². The number of rotatable bonds is 5. The molecule has 0 atom stereocenters. The fourth-order valence-corrected chi connectivity index (χ4v) is 2.70. The van der Waals surface area contributed by atoms with Crippen LogP contribution in [0.4, 0.5) is 16.2 Å². The maximum Gasteiger partial charge on any atom is 0.420 e. The Kier molecular flexibility index (Phi) is 5.83. The first-order valence-corrected chi connectivity index (χ1v) is 8.85. The molecule has 0 N–H and O–H groups in total. The number of hydrogen-bond acceptors (Lipinski definition) is 4. The molecule has 136 valence electrons. The molecule has 0 radical (unpaired) electrons. The lowest BCUT2D eigenvalue weighted by Crippen LogP contribution is -2.33. The first kappa shape index (κ1) is 18.6. The van der Waals surface area contributed by atoms with Gasteiger partial charge in [0.2, 0.25) is 0 Å². The molecule has 1 amide bonds. The first-order valence-electron chi connectivity index (χ1n) is 8.06. The Balaban J connectivity index is 1.83. The summed E-state index contributed by atoms with van der Waals surface area (Å²) in [7, 11) is 0. The number of benzene rings is 3. The average molecular weight is 427 g/mol. The Bertz CT molecular complexity index is 928. The van der Waals surface area contributed by atoms with E-state index in [1.807, 2.05) is 54.6 Å². The minimum Gasteiger partial charge on any atom is -0.410 e. The van der Waals surface area contributed by atoms with E-state index in [2.05, 4.69) is 15.9 Å². The zero-order valence-electron chi connectivity index (χ0n) is 14.1. The second-order valence-electron chi connectivity index (χ2n) is 5.67. The number of halogens is 1. The average Bonchev–Trinajstić information content (AvgIpc) is 2.68. The Labute approximate surface area is 164 Å². The third-order valence-corrected chi connectivity index (χ3v) is 4.32. The lowest BCUT2D eigenvalue weighted by Gasteiger charge is -2.22. The van der Waals surface area contributed by atoms with Crippen LogP contribution in [-0.4, -0.2) is 11.0 Å². The van der Waals surface area contributed by atoms with Crippen molar-refractivity contribution in [2.75, 3.05) is 4.90 Å². The number of nitro groups is 1. The maximum atomic E-state index is 12.8. The van der Waals surface area contributed by atoms with Crippen LogP contribution < -0.4 is 9.64 Å². The van der Waals surface area contributed by atoms with Gasteiger partial charge in [0.05, 0.1) is 11.5 Å². The van der Waals surface area contributed by atoms with Gasteiger partial charge in [-0.2, -0.15) is 0 Å². The summed E-state index contributed by atoms with van der Waals surface area (Å²) in [5.74, 6) is 0.237. The molecule has 0 unspecified atom stereocenters. The van der Waals surface area contributed by atoms with E-state index in [1.54, 1.807) is 0 Å². The summed E-state index contributed by atoms with van der Waals surface area (Å²) in [6.07, 6.45) is -0.574. The van der Waals surface area contributed by atoms with Crippen LogP contribution in [0.1, 0.15) is 5.56 Å². The molecule has 0 aliphatic carbocycles. The van der Waals surface area contributed by atoms with Crippen LogP contribution in [0, 0.1) is 10.1 Å². The van der Waals surface area contributed by atoms with Gasteiger partial charge in [0.25, 0.3) is 5.69 Å². The molecule has 3 aromatic rings. The molecule has 0 saturated heterocycles. The molecule has 3 rings (SSSR count). The molecule has 0 aliphatic heterocycles. The van der Waals surface area contributed by atoms with Crippen molar-refractivity contribution in [2.45, 2.75) is 6.54 Å². The highest BCUT2D eigenvalue weighted by atomic mass is 79.9. The largest absolute Gasteiger partial charge is 0.420 e. The normalized spacial score (nSPS) is 10.3. The van der Waals surface area contributed by atoms with Crippen molar-refractivity contribution in [3.8, 4) is 5.75 Å². The molecule has 7 heteroatoms. The van der Waals surface area contributed by atoms with E-state index in [9.17, 15) is 14.9 Å². The zero-order valence-corrected chi connectivity index (χ0v) is 15.7. The Morgan fingerprint density at radius 2 is 1.59 bits per heavy atom. The van der Waals surface area contributed by atoms with Gasteiger partial charge in [0.1, 0.15) is 5.75 Å². The molecule has 0 fully saturated rings. The summed E-state index contributed by atoms with van der Waals surface area (Å²) in [6, 6.07) is 22.2. The molecule has 0 bridgehead atoms. The lowest BCUT2D eigenvalue weighted by molar-refractivity contribution is -0.384. The highest BCUT2D eigenvalue weighted by Crippen LogP contribution is 2.23. The van der Waals surface area contributed by atoms with Crippen molar-refractivity contribution < 1.29 is 14.5 Å². The van der Waals surface area contributed by atoms with Crippen molar-refractivity contribution in [1.29, 1.82) is 0 Å². The van der Waals surface area contributed by atoms with Crippen molar-refractivity contribution in [2.24, 2.45) is 0 Å². The van der Waals surface area contributed by atoms with Crippen LogP contribution in [-0.2, 0) is 6.54 Å². The zero-order chi connectivity index (χ0) is 19.2. The van der Waals surface area contributed by atoms with Crippen molar-refractivity contribution in [3.05, 3.63) is 99.0 Å². The standard InChI is InChI=1S/C20H15BrN2O4/c21-16-6-8-17(9-7-16)22(14-15-4-2-1-3-5-15)20(24)27-19-12-10-18(11-13-19)23(25)26/h1-13H,14H2. The van der Waals surface area contributed by atoms with Crippen molar-refractivity contribution in [3.63, 3.8) is 0 Å². The van der Waals surface area contributed by atoms with Gasteiger partial charge in [0, 0.05) is 22.3 Å². The molecule has 0 spiro atoms. The highest BCUT2D eigenvalue weighted by Gasteiger charge is 2.19. The quantitative estimate of drug-likeness (QED) is 0.395. The second-order valence-corrected chi connectivity index (χ2v) is 6.58. The molecule has 0 heterocycles. The minimum absolute atomic E-state index is 0.0659. The van der Waals surface area contributed by atoms with E-state index in [-0.39, 0.29) is 11.4 Å². The monoisotopic (exact) mass is 426 g/mol. The molecule has 0 aromatic heterocycles. The summed E-state index contributed by atoms with van der Waals surface area (Å²) in [5.41, 5.74) is 1.55. The van der Waals surface area contributed by atoms with E-state index in [4.69, 9.17) is 4.74 Å². The van der Waals surface area contributed by atoms with Gasteiger partial charge < -0.3 is 4.74 Å². The van der Waals surface area contributed by atoms with E-state index >= 15 is 0 Å². The highest BCUT2D eigenvalue weighted by molar-refractivity contribution is 9.10. The van der Waals surface area contributed by atoms with Gasteiger partial charge in [-0.25, -0.2) is 4.79 Å². The lowest BCUT2D eigenvalue weighted by atomic mass is 10.2. The maximum absolute atomic E-state index is 12.8. The summed E-state index contributed by atoms with van der Waals surface area (Å²) in [4.78, 5) is 24.5. The smallest absolute Gasteiger partial charge is 0.410 e. The molecule has 6 nitrogen and oxygen atoms in total. The van der Waals surface area contributed by atoms with E-state index in [1.165, 1.54) is 29.2 Å². The number of anilines is 1. The number of hydrogen-bond donors (Lipinski definition) is 0. The fraction of sp³-hybridized carbons (Fsp3) is 0.0500. The Hall–Kier alpha value is -3.19. The number of carbonyl (C=O) groups is 1. The SMILES string of the molecule is O=C(Oc1ccc([N+](=O)[O-])cc1)N(Cc1ccccc1)c1ccc(Br)cc1. The Morgan fingerprint density at radius 3 is 2.19 bits per heavy atom. The van der Waals surface area contributed by atoms with Crippen LogP contribution in [0.15, 0.2) is 83.3 Å². The van der Waals surface area contributed by atoms with Gasteiger partial charge in [0.15, 0.2) is 0 Å². The molecular weight excluding hydrogens is 412 g/mol. The number of amides is 1. The number of nitrogens with zero attached hydrogens (tertiary/aromatic N) is 2. The van der Waals surface area contributed by atoms with Crippen molar-refractivity contribution >= 4 is 33.4 Å². The van der Waals surface area contributed by atoms with Crippen LogP contribution in [0.3, 0.4) is 0 Å². The van der Waals surface area contributed by atoms with Gasteiger partial charge in [-0.1, -0.05) is 46.3 Å². The predicted molar refractivity (Wildman–Crippen MR) is 106 cm³/mol. The summed E-state index contributed by atoms with van der Waals surface area (Å²) < 4.78 is 6.32. The number of nitro benzene ring substituents is 1. The van der Waals surface area contributed by atoms with Crippen LogP contribution in [0.25, 0.3) is 0 Å². The number of ether oxygens (including phenoxy) is 1. The number of carbonyl (C=O) groups excluding carboxylic acids is 1. The summed E-state index contributed by atoms with van der Waals surface area (Å²) >= 11 is 3.38. The fourth-order valence-electron chi connectivity index (χ4n) is 2.44. The second kappa shape index (κ2) is 8.46. The molecule has 0 aliphatic rings. The van der Waals surface area contributed by atoms with Gasteiger partial charge in [-0.15, -0.1) is 0 Å². The molecule has 27 heavy (non-hydrogen) atoms. The van der Waals surface area contributed by atoms with Gasteiger partial charge in [-0.3, -0.25) is 15.0 Å². The summed E-state index contributed by atoms with van der Waals surface area (Å²) in [6.45, 7) is 0.328. The molecular formula is C20H15BrN2O4. The van der Waals surface area contributed by atoms with E-state index in [0.29, 0.717) is 12.2 Å². The third-order valence-electron chi connectivity index (χ3n) is 3.79. The van der Waals surface area contributed by atoms with Crippen LogP contribution in [0.5, 0.6) is 5.75 Å². The van der Waals surface area contributed by atoms with Crippen LogP contribution in [0.2, 0.25) is 0 Å². The number of non-ortho nitro benzene ring substituents is 1. The Morgan fingerprint density at radius 1 is 0.963 bits per heavy atom. The first-order chi connectivity index (χ1) is 13.0. The van der Waals surface area contributed by atoms with Gasteiger partial charge in [-0.05, 0) is 42.0 Å². The molecule has 0 saturated carbocycles. The van der Waals surface area contributed by atoms with Crippen molar-refractivity contribution in [1.82, 2.24) is 0 Å². The van der Waals surface area contributed by atoms with E-state index < -0.39 is 11.0 Å². The predicted octanol–water partition coefficient (Wildman–Crippen LogP) is 5.56. The third kappa shape index (κ3) is 4.92. The summed E-state index contributed by atoms with van der Waals surface area (Å²) in [5, 5.41) is 10.7.